The van der Waals surface area contributed by atoms with Crippen molar-refractivity contribution >= 4 is 19.8 Å². The number of phosphoric ester groups is 1. The van der Waals surface area contributed by atoms with Gasteiger partial charge in [0, 0.05) is 12.8 Å². The van der Waals surface area contributed by atoms with E-state index < -0.39 is 69.1 Å². The van der Waals surface area contributed by atoms with Gasteiger partial charge in [0.2, 0.25) is 0 Å². The highest BCUT2D eigenvalue weighted by Crippen LogP contribution is 2.54. The highest BCUT2D eigenvalue weighted by atomic mass is 31.2. The number of benzene rings is 6. The first-order valence-electron chi connectivity index (χ1n) is 41.8. The van der Waals surface area contributed by atoms with Crippen LogP contribution in [0.2, 0.25) is 0 Å². The lowest BCUT2D eigenvalue weighted by atomic mass is 9.83. The highest BCUT2D eigenvalue weighted by Gasteiger charge is 2.57. The Labute approximate surface area is 665 Å². The molecular weight excluding hydrogens is 1420 g/mol. The Hall–Kier alpha value is -6.51. The topological polar surface area (TPSA) is 190 Å². The Bertz CT molecular complexity index is 3220. The Morgan fingerprint density at radius 1 is 0.315 bits per heavy atom. The van der Waals surface area contributed by atoms with Gasteiger partial charge in [-0.3, -0.25) is 23.2 Å². The van der Waals surface area contributed by atoms with Gasteiger partial charge in [0.1, 0.15) is 74.1 Å². The van der Waals surface area contributed by atoms with Gasteiger partial charge in [-0.15, -0.1) is 0 Å². The fraction of sp³-hybridized carbons (Fsp3) is 0.587. The Morgan fingerprint density at radius 2 is 0.613 bits per heavy atom. The standard InChI is InChI=1S/C92H133O18P/c1-6-8-10-12-14-16-18-20-22-24-26-28-30-32-43-51-85(93)101-71-84(109-86(94)52-44-33-31-29-27-25-23-21-19-17-15-13-11-9-7-2)72-108-111(95,107-70-77-49-41-36-42-50-77)110-92-90(105-73-99-65-75-45-37-34-38-46-75)88(103-68-79-55-61-82(97-4)62-56-79)87(102-67-78-53-59-81(96-3)60-54-78)89(104-69-80-57-63-83(98-5)64-58-80)91(92)106-74-100-66-76-47-39-35-40-48-76/h34-42,45-50,53-64,84,87-92H,6-33,43-44,51-52,65-74H2,1-5H3/t84-,87?,88-,89+,90-,91-,92?,111?/m1/s1. The molecule has 8 atom stereocenters. The number of esters is 2. The molecule has 0 heterocycles. The fourth-order valence-electron chi connectivity index (χ4n) is 13.7. The molecule has 0 bridgehead atoms. The molecule has 6 aromatic rings. The van der Waals surface area contributed by atoms with Gasteiger partial charge >= 0.3 is 19.8 Å². The maximum atomic E-state index is 16.6. The van der Waals surface area contributed by atoms with Crippen molar-refractivity contribution < 1.29 is 84.6 Å². The van der Waals surface area contributed by atoms with Gasteiger partial charge in [0.05, 0.1) is 67.6 Å². The number of phosphoric acid groups is 1. The molecule has 0 amide bonds. The van der Waals surface area contributed by atoms with Gasteiger partial charge in [-0.2, -0.15) is 0 Å². The first-order valence-corrected chi connectivity index (χ1v) is 43.2. The fourth-order valence-corrected chi connectivity index (χ4v) is 15.1. The van der Waals surface area contributed by atoms with Crippen molar-refractivity contribution in [2.75, 3.05) is 48.1 Å². The predicted molar refractivity (Wildman–Crippen MR) is 436 cm³/mol. The molecule has 0 aromatic heterocycles. The second-order valence-electron chi connectivity index (χ2n) is 29.3. The minimum atomic E-state index is -5.03. The number of hydrogen-bond acceptors (Lipinski definition) is 18. The number of ether oxygens (including phenoxy) is 12. The summed E-state index contributed by atoms with van der Waals surface area (Å²) in [6.45, 7) is 3.04. The molecule has 19 heteroatoms. The number of unbranched alkanes of at least 4 members (excludes halogenated alkanes) is 28. The van der Waals surface area contributed by atoms with Crippen molar-refractivity contribution in [2.24, 2.45) is 0 Å². The summed E-state index contributed by atoms with van der Waals surface area (Å²) < 4.78 is 114. The molecule has 1 aliphatic rings. The molecule has 0 N–H and O–H groups in total. The molecule has 1 fully saturated rings. The zero-order valence-corrected chi connectivity index (χ0v) is 68.5. The second-order valence-corrected chi connectivity index (χ2v) is 30.9. The van der Waals surface area contributed by atoms with E-state index in [1.807, 2.05) is 164 Å². The highest BCUT2D eigenvalue weighted by molar-refractivity contribution is 7.48. The monoisotopic (exact) mass is 1560 g/mol. The van der Waals surface area contributed by atoms with Crippen LogP contribution in [0.15, 0.2) is 164 Å². The summed E-state index contributed by atoms with van der Waals surface area (Å²) in [6, 6.07) is 51.1. The molecule has 0 radical (unpaired) electrons. The van der Waals surface area contributed by atoms with E-state index in [0.29, 0.717) is 35.7 Å². The largest absolute Gasteiger partial charge is 0.497 e. The molecule has 7 rings (SSSR count). The van der Waals surface area contributed by atoms with Crippen molar-refractivity contribution in [3.05, 3.63) is 197 Å². The minimum Gasteiger partial charge on any atom is -0.497 e. The number of carbonyl (C=O) groups excluding carboxylic acids is 2. The summed E-state index contributed by atoms with van der Waals surface area (Å²) in [4.78, 5) is 27.9. The second kappa shape index (κ2) is 57.5. The zero-order chi connectivity index (χ0) is 78.3. The van der Waals surface area contributed by atoms with Crippen LogP contribution in [0.3, 0.4) is 0 Å². The SMILES string of the molecule is CCCCCCCCCCCCCCCCCC(=O)OC[C@H](COP(=O)(OCc1ccccc1)OC1[C@H](OCOCc2ccccc2)[C@H](OCc2ccc(OC)cc2)C(OCc2ccc(OC)cc2)[C@H](OCc2ccc(OC)cc2)[C@H]1OCOCc1ccccc1)OC(=O)CCCCCCCCCCCCCCCCC. The normalized spacial score (nSPS) is 17.1. The van der Waals surface area contributed by atoms with Crippen LogP contribution in [0.5, 0.6) is 17.2 Å². The van der Waals surface area contributed by atoms with Crippen LogP contribution in [0.4, 0.5) is 0 Å². The number of carbonyl (C=O) groups is 2. The molecule has 0 aliphatic heterocycles. The van der Waals surface area contributed by atoms with Crippen LogP contribution < -0.4 is 14.2 Å². The van der Waals surface area contributed by atoms with Gasteiger partial charge in [0.25, 0.3) is 0 Å². The molecule has 3 unspecified atom stereocenters. The van der Waals surface area contributed by atoms with Crippen LogP contribution in [0, 0.1) is 0 Å². The molecular formula is C92H133O18P. The van der Waals surface area contributed by atoms with E-state index in [1.54, 1.807) is 21.3 Å². The average Bonchev–Trinajstić information content (AvgIpc) is 0.757. The van der Waals surface area contributed by atoms with Crippen molar-refractivity contribution in [1.29, 1.82) is 0 Å². The van der Waals surface area contributed by atoms with E-state index in [2.05, 4.69) is 13.8 Å². The maximum absolute atomic E-state index is 16.6. The molecule has 0 saturated heterocycles. The van der Waals surface area contributed by atoms with Gasteiger partial charge < -0.3 is 56.8 Å². The van der Waals surface area contributed by atoms with Crippen molar-refractivity contribution in [1.82, 2.24) is 0 Å². The average molecular weight is 1560 g/mol. The van der Waals surface area contributed by atoms with Gasteiger partial charge in [0.15, 0.2) is 6.10 Å². The van der Waals surface area contributed by atoms with E-state index >= 15 is 4.57 Å². The van der Waals surface area contributed by atoms with Crippen molar-refractivity contribution in [3.8, 4) is 17.2 Å². The molecule has 0 spiro atoms. The Balaban J connectivity index is 1.19. The van der Waals surface area contributed by atoms with Gasteiger partial charge in [-0.25, -0.2) is 4.57 Å². The van der Waals surface area contributed by atoms with Crippen LogP contribution in [0.25, 0.3) is 0 Å². The van der Waals surface area contributed by atoms with E-state index in [0.717, 1.165) is 72.8 Å². The summed E-state index contributed by atoms with van der Waals surface area (Å²) in [6.07, 6.45) is 27.3. The van der Waals surface area contributed by atoms with Crippen LogP contribution in [0.1, 0.15) is 253 Å². The Kier molecular flexibility index (Phi) is 47.5. The van der Waals surface area contributed by atoms with E-state index in [-0.39, 0.29) is 72.7 Å². The summed E-state index contributed by atoms with van der Waals surface area (Å²) in [7, 11) is -0.200. The molecule has 6 aromatic carbocycles. The van der Waals surface area contributed by atoms with E-state index in [9.17, 15) is 9.59 Å². The molecule has 614 valence electrons. The Morgan fingerprint density at radius 3 is 0.946 bits per heavy atom. The number of rotatable bonds is 65. The lowest BCUT2D eigenvalue weighted by Gasteiger charge is -2.49. The first-order chi connectivity index (χ1) is 54.6. The quantitative estimate of drug-likeness (QED) is 0.0151. The number of hydrogen-bond donors (Lipinski definition) is 0. The molecule has 111 heavy (non-hydrogen) atoms. The van der Waals surface area contributed by atoms with Crippen molar-refractivity contribution in [2.45, 2.75) is 302 Å². The summed E-state index contributed by atoms with van der Waals surface area (Å²) >= 11 is 0. The third-order valence-corrected chi connectivity index (χ3v) is 21.7. The molecule has 18 nitrogen and oxygen atoms in total. The smallest absolute Gasteiger partial charge is 0.475 e. The number of methoxy groups -OCH3 is 3. The molecule has 1 aliphatic carbocycles. The third-order valence-electron chi connectivity index (χ3n) is 20.3. The van der Waals surface area contributed by atoms with E-state index in [1.165, 1.54) is 135 Å². The zero-order valence-electron chi connectivity index (χ0n) is 67.6. The molecule has 1 saturated carbocycles. The lowest BCUT2D eigenvalue weighted by molar-refractivity contribution is -0.296. The van der Waals surface area contributed by atoms with Gasteiger partial charge in [-0.1, -0.05) is 321 Å². The minimum absolute atomic E-state index is 0.00863. The summed E-state index contributed by atoms with van der Waals surface area (Å²) in [5, 5.41) is 0. The maximum Gasteiger partial charge on any atom is 0.475 e. The summed E-state index contributed by atoms with van der Waals surface area (Å²) in [5.41, 5.74) is 4.79. The van der Waals surface area contributed by atoms with Crippen LogP contribution >= 0.6 is 7.82 Å². The lowest BCUT2D eigenvalue weighted by Crippen LogP contribution is -2.67. The first kappa shape index (κ1) is 91.7. The summed E-state index contributed by atoms with van der Waals surface area (Å²) in [5.74, 6) is 1.02. The third kappa shape index (κ3) is 38.5. The van der Waals surface area contributed by atoms with Gasteiger partial charge in [-0.05, 0) is 82.6 Å². The van der Waals surface area contributed by atoms with Crippen LogP contribution in [-0.4, -0.2) is 103 Å². The van der Waals surface area contributed by atoms with Crippen molar-refractivity contribution in [3.63, 3.8) is 0 Å². The predicted octanol–water partition coefficient (Wildman–Crippen LogP) is 22.6. The van der Waals surface area contributed by atoms with E-state index in [4.69, 9.17) is 70.4 Å². The van der Waals surface area contributed by atoms with Crippen LogP contribution in [-0.2, 0) is 110 Å².